The number of nitrogens with zero attached hydrogens (tertiary/aromatic N) is 3. The maximum absolute atomic E-state index is 13.1. The molecule has 2 heterocycles. The first-order valence-electron chi connectivity index (χ1n) is 10.9. The van der Waals surface area contributed by atoms with Crippen molar-refractivity contribution in [2.75, 3.05) is 26.3 Å². The first kappa shape index (κ1) is 23.5. The average Bonchev–Trinajstić information content (AvgIpc) is 3.30. The van der Waals surface area contributed by atoms with E-state index in [1.54, 1.807) is 42.6 Å². The molecule has 9 heteroatoms. The van der Waals surface area contributed by atoms with Crippen LogP contribution in [0.25, 0.3) is 11.3 Å². The molecule has 0 saturated carbocycles. The fraction of sp³-hybridized carbons (Fsp3) is 0.280. The third-order valence-corrected chi connectivity index (χ3v) is 6.03. The highest BCUT2D eigenvalue weighted by molar-refractivity contribution is 6.30. The number of carboxylic acids is 1. The van der Waals surface area contributed by atoms with Crippen LogP contribution < -0.4 is 9.47 Å². The molecule has 1 atom stereocenters. The Balaban J connectivity index is 1.44. The van der Waals surface area contributed by atoms with Gasteiger partial charge < -0.3 is 19.5 Å². The SMILES string of the molecule is CCOc1ccccc1C(=O)N1CCC(COc2cnc(-c3ccc(Cl)cc3)cn2)(C(=O)O)C1. The number of aromatic nitrogens is 2. The van der Waals surface area contributed by atoms with Crippen LogP contribution in [0, 0.1) is 5.41 Å². The molecule has 4 rings (SSSR count). The number of hydrogen-bond donors (Lipinski definition) is 1. The summed E-state index contributed by atoms with van der Waals surface area (Å²) in [5.41, 5.74) is 0.660. The van der Waals surface area contributed by atoms with Crippen molar-refractivity contribution in [1.82, 2.24) is 14.9 Å². The van der Waals surface area contributed by atoms with Crippen molar-refractivity contribution in [2.24, 2.45) is 5.41 Å². The Morgan fingerprint density at radius 3 is 2.53 bits per heavy atom. The molecule has 34 heavy (non-hydrogen) atoms. The molecule has 1 unspecified atom stereocenters. The van der Waals surface area contributed by atoms with Gasteiger partial charge in [-0.3, -0.25) is 9.59 Å². The molecule has 2 aromatic carbocycles. The Labute approximate surface area is 202 Å². The number of aliphatic carboxylic acids is 1. The number of para-hydroxylation sites is 1. The highest BCUT2D eigenvalue weighted by Gasteiger charge is 2.47. The molecule has 0 radical (unpaired) electrons. The maximum atomic E-state index is 13.1. The summed E-state index contributed by atoms with van der Waals surface area (Å²) in [7, 11) is 0. The van der Waals surface area contributed by atoms with Crippen LogP contribution in [0.4, 0.5) is 0 Å². The van der Waals surface area contributed by atoms with Crippen molar-refractivity contribution in [3.63, 3.8) is 0 Å². The van der Waals surface area contributed by atoms with Gasteiger partial charge in [0.15, 0.2) is 0 Å². The first-order chi connectivity index (χ1) is 16.4. The average molecular weight is 482 g/mol. The van der Waals surface area contributed by atoms with Gasteiger partial charge in [-0.05, 0) is 37.6 Å². The fourth-order valence-corrected chi connectivity index (χ4v) is 3.99. The van der Waals surface area contributed by atoms with Crippen LogP contribution in [0.15, 0.2) is 60.9 Å². The maximum Gasteiger partial charge on any atom is 0.315 e. The summed E-state index contributed by atoms with van der Waals surface area (Å²) < 4.78 is 11.3. The number of ether oxygens (including phenoxy) is 2. The van der Waals surface area contributed by atoms with Crippen molar-refractivity contribution in [1.29, 1.82) is 0 Å². The van der Waals surface area contributed by atoms with E-state index >= 15 is 0 Å². The molecular weight excluding hydrogens is 458 g/mol. The third kappa shape index (κ3) is 4.97. The molecule has 1 aromatic heterocycles. The molecule has 0 bridgehead atoms. The summed E-state index contributed by atoms with van der Waals surface area (Å²) in [6.45, 7) is 2.46. The monoisotopic (exact) mass is 481 g/mol. The van der Waals surface area contributed by atoms with Gasteiger partial charge in [0.05, 0.1) is 30.3 Å². The molecule has 8 nitrogen and oxygen atoms in total. The summed E-state index contributed by atoms with van der Waals surface area (Å²) in [6.07, 6.45) is 3.28. The van der Waals surface area contributed by atoms with E-state index in [4.69, 9.17) is 21.1 Å². The lowest BCUT2D eigenvalue weighted by Crippen LogP contribution is -2.41. The van der Waals surface area contributed by atoms with Crippen LogP contribution in [-0.4, -0.2) is 58.2 Å². The largest absolute Gasteiger partial charge is 0.493 e. The topological polar surface area (TPSA) is 102 Å². The van der Waals surface area contributed by atoms with Gasteiger partial charge in [-0.25, -0.2) is 9.97 Å². The molecule has 0 spiro atoms. The van der Waals surface area contributed by atoms with E-state index in [1.807, 2.05) is 19.1 Å². The van der Waals surface area contributed by atoms with Crippen molar-refractivity contribution < 1.29 is 24.2 Å². The van der Waals surface area contributed by atoms with Gasteiger partial charge >= 0.3 is 5.97 Å². The van der Waals surface area contributed by atoms with Crippen LogP contribution in [0.2, 0.25) is 5.02 Å². The number of carbonyl (C=O) groups excluding carboxylic acids is 1. The Hall–Kier alpha value is -3.65. The lowest BCUT2D eigenvalue weighted by atomic mass is 9.88. The van der Waals surface area contributed by atoms with Gasteiger partial charge in [0.1, 0.15) is 17.8 Å². The molecule has 176 valence electrons. The van der Waals surface area contributed by atoms with E-state index < -0.39 is 11.4 Å². The molecule has 1 amide bonds. The summed E-state index contributed by atoms with van der Waals surface area (Å²) >= 11 is 5.92. The van der Waals surface area contributed by atoms with Gasteiger partial charge in [0.2, 0.25) is 5.88 Å². The van der Waals surface area contributed by atoms with Gasteiger partial charge in [0.25, 0.3) is 5.91 Å². The van der Waals surface area contributed by atoms with Gasteiger partial charge in [-0.2, -0.15) is 0 Å². The highest BCUT2D eigenvalue weighted by atomic mass is 35.5. The molecule has 1 saturated heterocycles. The second-order valence-corrected chi connectivity index (χ2v) is 8.46. The highest BCUT2D eigenvalue weighted by Crippen LogP contribution is 2.34. The second kappa shape index (κ2) is 10.1. The van der Waals surface area contributed by atoms with Crippen molar-refractivity contribution in [2.45, 2.75) is 13.3 Å². The third-order valence-electron chi connectivity index (χ3n) is 5.78. The van der Waals surface area contributed by atoms with E-state index in [1.165, 1.54) is 11.1 Å². The quantitative estimate of drug-likeness (QED) is 0.514. The van der Waals surface area contributed by atoms with Crippen LogP contribution in [0.5, 0.6) is 11.6 Å². The lowest BCUT2D eigenvalue weighted by Gasteiger charge is -2.25. The number of amides is 1. The minimum atomic E-state index is -1.24. The number of likely N-dealkylation sites (tertiary alicyclic amines) is 1. The van der Waals surface area contributed by atoms with Gasteiger partial charge in [-0.1, -0.05) is 35.9 Å². The number of carboxylic acid groups (broad SMARTS) is 1. The van der Waals surface area contributed by atoms with Crippen molar-refractivity contribution in [3.05, 3.63) is 71.5 Å². The Kier molecular flexibility index (Phi) is 6.98. The molecular formula is C25H24ClN3O5. The van der Waals surface area contributed by atoms with E-state index in [0.717, 1.165) is 5.56 Å². The van der Waals surface area contributed by atoms with Crippen LogP contribution in [-0.2, 0) is 4.79 Å². The second-order valence-electron chi connectivity index (χ2n) is 8.03. The zero-order valence-electron chi connectivity index (χ0n) is 18.6. The van der Waals surface area contributed by atoms with E-state index in [-0.39, 0.29) is 31.4 Å². The number of hydrogen-bond acceptors (Lipinski definition) is 6. The Bertz CT molecular complexity index is 1170. The fourth-order valence-electron chi connectivity index (χ4n) is 3.87. The zero-order valence-corrected chi connectivity index (χ0v) is 19.4. The van der Waals surface area contributed by atoms with E-state index in [0.29, 0.717) is 35.2 Å². The number of rotatable bonds is 8. The Morgan fingerprint density at radius 1 is 1.09 bits per heavy atom. The normalized spacial score (nSPS) is 17.4. The number of halogens is 1. The molecule has 1 N–H and O–H groups in total. The molecule has 1 fully saturated rings. The summed E-state index contributed by atoms with van der Waals surface area (Å²) in [4.78, 5) is 35.4. The standard InChI is InChI=1S/C25H24ClN3O5/c1-2-33-21-6-4-3-5-19(21)23(30)29-12-11-25(15-29,24(31)32)16-34-22-14-27-20(13-28-22)17-7-9-18(26)10-8-17/h3-10,13-14H,2,11-12,15-16H2,1H3,(H,31,32). The first-order valence-corrected chi connectivity index (χ1v) is 11.2. The van der Waals surface area contributed by atoms with Crippen LogP contribution in [0.1, 0.15) is 23.7 Å². The minimum Gasteiger partial charge on any atom is -0.493 e. The van der Waals surface area contributed by atoms with E-state index in [2.05, 4.69) is 9.97 Å². The van der Waals surface area contributed by atoms with Crippen LogP contribution in [0.3, 0.4) is 0 Å². The molecule has 1 aliphatic rings. The summed E-state index contributed by atoms with van der Waals surface area (Å²) in [5, 5.41) is 10.6. The molecule has 0 aliphatic carbocycles. The van der Waals surface area contributed by atoms with Crippen LogP contribution >= 0.6 is 11.6 Å². The Morgan fingerprint density at radius 2 is 1.85 bits per heavy atom. The van der Waals surface area contributed by atoms with Crippen molar-refractivity contribution >= 4 is 23.5 Å². The number of benzene rings is 2. The van der Waals surface area contributed by atoms with Gasteiger partial charge in [-0.15, -0.1) is 0 Å². The predicted molar refractivity (Wildman–Crippen MR) is 126 cm³/mol. The molecule has 1 aliphatic heterocycles. The zero-order chi connectivity index (χ0) is 24.1. The van der Waals surface area contributed by atoms with E-state index in [9.17, 15) is 14.7 Å². The number of carbonyl (C=O) groups is 2. The smallest absolute Gasteiger partial charge is 0.315 e. The minimum absolute atomic E-state index is 0.0257. The summed E-state index contributed by atoms with van der Waals surface area (Å²) in [6, 6.07) is 14.2. The van der Waals surface area contributed by atoms with Gasteiger partial charge in [0, 0.05) is 23.7 Å². The van der Waals surface area contributed by atoms with Crippen molar-refractivity contribution in [3.8, 4) is 22.9 Å². The predicted octanol–water partition coefficient (Wildman–Crippen LogP) is 4.19. The molecule has 3 aromatic rings. The lowest BCUT2D eigenvalue weighted by molar-refractivity contribution is -0.149. The summed E-state index contributed by atoms with van der Waals surface area (Å²) in [5.74, 6) is -0.592.